The lowest BCUT2D eigenvalue weighted by atomic mass is 9.99. The first-order valence-corrected chi connectivity index (χ1v) is 7.03. The van der Waals surface area contributed by atoms with Gasteiger partial charge in [0.15, 0.2) is 0 Å². The number of hydrogen-bond acceptors (Lipinski definition) is 3. The predicted molar refractivity (Wildman–Crippen MR) is 69.5 cm³/mol. The predicted octanol–water partition coefficient (Wildman–Crippen LogP) is 1.99. The number of thiophene rings is 1. The molecule has 1 aliphatic rings. The Bertz CT molecular complexity index is 377. The molecule has 1 heterocycles. The standard InChI is InChI=1S/C13H19NO2S/c1-9(8-15)7-14-13(16)12-6-10-4-2-3-5-11(10)17-12/h6,9,15H,2-5,7-8H2,1H3,(H,14,16). The molecule has 0 spiro atoms. The second kappa shape index (κ2) is 5.65. The number of aliphatic hydroxyl groups excluding tert-OH is 1. The van der Waals surface area contributed by atoms with E-state index in [4.69, 9.17) is 5.11 Å². The molecular weight excluding hydrogens is 234 g/mol. The Hall–Kier alpha value is -0.870. The third-order valence-corrected chi connectivity index (χ3v) is 4.38. The van der Waals surface area contributed by atoms with Crippen molar-refractivity contribution in [3.63, 3.8) is 0 Å². The average molecular weight is 253 g/mol. The molecule has 0 aliphatic heterocycles. The number of aliphatic hydroxyl groups is 1. The minimum Gasteiger partial charge on any atom is -0.396 e. The molecule has 3 nitrogen and oxygen atoms in total. The van der Waals surface area contributed by atoms with Crippen molar-refractivity contribution in [2.24, 2.45) is 5.92 Å². The van der Waals surface area contributed by atoms with Crippen LogP contribution >= 0.6 is 11.3 Å². The number of hydrogen-bond donors (Lipinski definition) is 2. The quantitative estimate of drug-likeness (QED) is 0.862. The van der Waals surface area contributed by atoms with E-state index in [0.29, 0.717) is 6.54 Å². The van der Waals surface area contributed by atoms with E-state index in [9.17, 15) is 4.79 Å². The summed E-state index contributed by atoms with van der Waals surface area (Å²) in [6.07, 6.45) is 4.73. The number of amides is 1. The first-order valence-electron chi connectivity index (χ1n) is 6.21. The van der Waals surface area contributed by atoms with Crippen LogP contribution in [0.2, 0.25) is 0 Å². The molecule has 0 saturated heterocycles. The summed E-state index contributed by atoms with van der Waals surface area (Å²) in [4.78, 5) is 14.1. The lowest BCUT2D eigenvalue weighted by molar-refractivity contribution is 0.0946. The minimum atomic E-state index is 0.00435. The summed E-state index contributed by atoms with van der Waals surface area (Å²) in [6, 6.07) is 2.04. The summed E-state index contributed by atoms with van der Waals surface area (Å²) in [6.45, 7) is 2.57. The Morgan fingerprint density at radius 3 is 3.00 bits per heavy atom. The second-order valence-corrected chi connectivity index (χ2v) is 5.90. The van der Waals surface area contributed by atoms with E-state index in [1.807, 2.05) is 13.0 Å². The number of fused-ring (bicyclic) bond motifs is 1. The highest BCUT2D eigenvalue weighted by Crippen LogP contribution is 2.29. The zero-order valence-corrected chi connectivity index (χ0v) is 11.0. The van der Waals surface area contributed by atoms with E-state index in [-0.39, 0.29) is 18.4 Å². The number of aryl methyl sites for hydroxylation is 2. The molecule has 0 fully saturated rings. The van der Waals surface area contributed by atoms with Gasteiger partial charge in [0.25, 0.3) is 5.91 Å². The Morgan fingerprint density at radius 1 is 1.53 bits per heavy atom. The molecule has 1 aromatic heterocycles. The first-order chi connectivity index (χ1) is 8.20. The average Bonchev–Trinajstić information content (AvgIpc) is 2.79. The summed E-state index contributed by atoms with van der Waals surface area (Å²) in [7, 11) is 0. The van der Waals surface area contributed by atoms with Crippen LogP contribution in [-0.2, 0) is 12.8 Å². The van der Waals surface area contributed by atoms with E-state index in [1.165, 1.54) is 23.3 Å². The molecule has 1 aromatic rings. The van der Waals surface area contributed by atoms with Crippen molar-refractivity contribution in [2.75, 3.05) is 13.2 Å². The van der Waals surface area contributed by atoms with Crippen LogP contribution < -0.4 is 5.32 Å². The molecule has 0 bridgehead atoms. The molecule has 0 aromatic carbocycles. The number of carbonyl (C=O) groups excluding carboxylic acids is 1. The van der Waals surface area contributed by atoms with E-state index < -0.39 is 0 Å². The van der Waals surface area contributed by atoms with Crippen molar-refractivity contribution in [1.29, 1.82) is 0 Å². The lowest BCUT2D eigenvalue weighted by Gasteiger charge is -2.08. The fourth-order valence-corrected chi connectivity index (χ4v) is 3.19. The van der Waals surface area contributed by atoms with Gasteiger partial charge in [-0.1, -0.05) is 6.92 Å². The summed E-state index contributed by atoms with van der Waals surface area (Å²) >= 11 is 1.63. The van der Waals surface area contributed by atoms with E-state index in [2.05, 4.69) is 5.32 Å². The fraction of sp³-hybridized carbons (Fsp3) is 0.615. The summed E-state index contributed by atoms with van der Waals surface area (Å²) in [5, 5.41) is 11.8. The Balaban J connectivity index is 1.97. The number of carbonyl (C=O) groups is 1. The Labute approximate surface area is 106 Å². The van der Waals surface area contributed by atoms with Gasteiger partial charge in [0.05, 0.1) is 4.88 Å². The van der Waals surface area contributed by atoms with Gasteiger partial charge in [-0.2, -0.15) is 0 Å². The molecule has 4 heteroatoms. The van der Waals surface area contributed by atoms with Crippen molar-refractivity contribution in [3.05, 3.63) is 21.4 Å². The highest BCUT2D eigenvalue weighted by Gasteiger charge is 2.17. The minimum absolute atomic E-state index is 0.00435. The first kappa shape index (κ1) is 12.6. The van der Waals surface area contributed by atoms with Crippen LogP contribution in [0.1, 0.15) is 39.9 Å². The van der Waals surface area contributed by atoms with Crippen molar-refractivity contribution >= 4 is 17.2 Å². The molecule has 94 valence electrons. The SMILES string of the molecule is CC(CO)CNC(=O)c1cc2c(s1)CCCC2. The van der Waals surface area contributed by atoms with Gasteiger partial charge in [0, 0.05) is 18.0 Å². The van der Waals surface area contributed by atoms with Crippen LogP contribution in [0, 0.1) is 5.92 Å². The van der Waals surface area contributed by atoms with Crippen molar-refractivity contribution < 1.29 is 9.90 Å². The van der Waals surface area contributed by atoms with Crippen LogP contribution in [0.4, 0.5) is 0 Å². The highest BCUT2D eigenvalue weighted by molar-refractivity contribution is 7.14. The van der Waals surface area contributed by atoms with Crippen molar-refractivity contribution in [1.82, 2.24) is 5.32 Å². The van der Waals surface area contributed by atoms with Gasteiger partial charge in [-0.3, -0.25) is 4.79 Å². The third kappa shape index (κ3) is 3.07. The maximum atomic E-state index is 11.9. The van der Waals surface area contributed by atoms with Gasteiger partial charge in [-0.05, 0) is 43.2 Å². The van der Waals surface area contributed by atoms with Gasteiger partial charge in [-0.15, -0.1) is 11.3 Å². The zero-order chi connectivity index (χ0) is 12.3. The molecule has 0 saturated carbocycles. The maximum Gasteiger partial charge on any atom is 0.261 e. The summed E-state index contributed by atoms with van der Waals surface area (Å²) in [5.41, 5.74) is 1.36. The lowest BCUT2D eigenvalue weighted by Crippen LogP contribution is -2.28. The molecular formula is C13H19NO2S. The highest BCUT2D eigenvalue weighted by atomic mass is 32.1. The third-order valence-electron chi connectivity index (χ3n) is 3.14. The second-order valence-electron chi connectivity index (χ2n) is 4.76. The zero-order valence-electron chi connectivity index (χ0n) is 10.2. The van der Waals surface area contributed by atoms with Crippen LogP contribution in [0.25, 0.3) is 0 Å². The number of rotatable bonds is 4. The van der Waals surface area contributed by atoms with Crippen LogP contribution in [0.15, 0.2) is 6.07 Å². The largest absolute Gasteiger partial charge is 0.396 e. The Morgan fingerprint density at radius 2 is 2.29 bits per heavy atom. The van der Waals surface area contributed by atoms with Gasteiger partial charge < -0.3 is 10.4 Å². The van der Waals surface area contributed by atoms with Gasteiger partial charge >= 0.3 is 0 Å². The summed E-state index contributed by atoms with van der Waals surface area (Å²) < 4.78 is 0. The molecule has 17 heavy (non-hydrogen) atoms. The molecule has 0 radical (unpaired) electrons. The molecule has 2 rings (SSSR count). The normalized spacial score (nSPS) is 16.4. The fourth-order valence-electron chi connectivity index (χ4n) is 2.02. The van der Waals surface area contributed by atoms with E-state index in [1.54, 1.807) is 11.3 Å². The maximum absolute atomic E-state index is 11.9. The van der Waals surface area contributed by atoms with Crippen LogP contribution in [-0.4, -0.2) is 24.2 Å². The molecule has 1 unspecified atom stereocenters. The Kier molecular flexibility index (Phi) is 4.18. The topological polar surface area (TPSA) is 49.3 Å². The van der Waals surface area contributed by atoms with Gasteiger partial charge in [0.2, 0.25) is 0 Å². The molecule has 1 amide bonds. The molecule has 1 aliphatic carbocycles. The molecule has 2 N–H and O–H groups in total. The van der Waals surface area contributed by atoms with E-state index >= 15 is 0 Å². The van der Waals surface area contributed by atoms with Crippen molar-refractivity contribution in [3.8, 4) is 0 Å². The monoisotopic (exact) mass is 253 g/mol. The van der Waals surface area contributed by atoms with Gasteiger partial charge in [-0.25, -0.2) is 0 Å². The smallest absolute Gasteiger partial charge is 0.261 e. The van der Waals surface area contributed by atoms with Crippen LogP contribution in [0.3, 0.4) is 0 Å². The van der Waals surface area contributed by atoms with E-state index in [0.717, 1.165) is 17.7 Å². The molecule has 1 atom stereocenters. The summed E-state index contributed by atoms with van der Waals surface area (Å²) in [5.74, 6) is 0.123. The number of nitrogens with one attached hydrogen (secondary N) is 1. The van der Waals surface area contributed by atoms with Crippen LogP contribution in [0.5, 0.6) is 0 Å². The van der Waals surface area contributed by atoms with Crippen molar-refractivity contribution in [2.45, 2.75) is 32.6 Å². The van der Waals surface area contributed by atoms with Gasteiger partial charge in [0.1, 0.15) is 0 Å².